The highest BCUT2D eigenvalue weighted by molar-refractivity contribution is 5.31. The fourth-order valence-electron chi connectivity index (χ4n) is 1.57. The summed E-state index contributed by atoms with van der Waals surface area (Å²) in [5.41, 5.74) is 12.7. The van der Waals surface area contributed by atoms with Gasteiger partial charge in [-0.2, -0.15) is 0 Å². The molecule has 90 valence electrons. The normalized spacial score (nSPS) is 11.8. The first-order chi connectivity index (χ1) is 7.61. The molecule has 0 aliphatic carbocycles. The topological polar surface area (TPSA) is 105 Å². The van der Waals surface area contributed by atoms with Crippen LogP contribution in [0, 0.1) is 0 Å². The van der Waals surface area contributed by atoms with Gasteiger partial charge in [0.25, 0.3) is 0 Å². The summed E-state index contributed by atoms with van der Waals surface area (Å²) in [5.74, 6) is 0. The molecule has 1 rings (SSSR count). The lowest BCUT2D eigenvalue weighted by molar-refractivity contribution is 0.126. The quantitative estimate of drug-likeness (QED) is 0.527. The lowest BCUT2D eigenvalue weighted by atomic mass is 9.85. The van der Waals surface area contributed by atoms with Gasteiger partial charge in [-0.25, -0.2) is 0 Å². The van der Waals surface area contributed by atoms with E-state index in [9.17, 15) is 10.2 Å². The van der Waals surface area contributed by atoms with E-state index in [1.807, 2.05) is 6.07 Å². The molecule has 0 unspecified atom stereocenters. The third kappa shape index (κ3) is 2.38. The summed E-state index contributed by atoms with van der Waals surface area (Å²) in [4.78, 5) is 4.25. The van der Waals surface area contributed by atoms with Gasteiger partial charge < -0.3 is 21.7 Å². The van der Waals surface area contributed by atoms with E-state index in [1.165, 1.54) is 0 Å². The molecule has 0 aliphatic heterocycles. The molecular formula is C11H19N3O2. The maximum absolute atomic E-state index is 9.32. The predicted molar refractivity (Wildman–Crippen MR) is 61.5 cm³/mol. The van der Waals surface area contributed by atoms with Crippen LogP contribution in [0.4, 0.5) is 0 Å². The summed E-state index contributed by atoms with van der Waals surface area (Å²) in [5, 5.41) is 18.6. The van der Waals surface area contributed by atoms with E-state index in [2.05, 4.69) is 4.98 Å². The zero-order valence-electron chi connectivity index (χ0n) is 9.48. The zero-order chi connectivity index (χ0) is 12.2. The minimum atomic E-state index is -0.762. The molecule has 0 bridgehead atoms. The molecule has 0 saturated carbocycles. The Morgan fingerprint density at radius 3 is 2.31 bits per heavy atom. The first kappa shape index (κ1) is 13.1. The van der Waals surface area contributed by atoms with Gasteiger partial charge in [0.1, 0.15) is 0 Å². The Labute approximate surface area is 95.1 Å². The summed E-state index contributed by atoms with van der Waals surface area (Å²) >= 11 is 0. The fraction of sp³-hybridized carbons (Fsp3) is 0.545. The Balaban J connectivity index is 3.22. The molecule has 0 aliphatic rings. The van der Waals surface area contributed by atoms with E-state index < -0.39 is 5.41 Å². The SMILES string of the molecule is CC(CO)(CO)c1ncc(CN)cc1CN. The van der Waals surface area contributed by atoms with E-state index in [-0.39, 0.29) is 13.2 Å². The minimum absolute atomic E-state index is 0.175. The highest BCUT2D eigenvalue weighted by Crippen LogP contribution is 2.24. The molecule has 5 nitrogen and oxygen atoms in total. The number of nitrogens with two attached hydrogens (primary N) is 2. The summed E-state index contributed by atoms with van der Waals surface area (Å²) in [6.45, 7) is 2.11. The Kier molecular flexibility index (Phi) is 4.37. The highest BCUT2D eigenvalue weighted by atomic mass is 16.3. The number of pyridine rings is 1. The lowest BCUT2D eigenvalue weighted by Crippen LogP contribution is -2.34. The van der Waals surface area contributed by atoms with Gasteiger partial charge in [-0.1, -0.05) is 0 Å². The lowest BCUT2D eigenvalue weighted by Gasteiger charge is -2.26. The molecule has 0 aromatic carbocycles. The molecule has 0 spiro atoms. The van der Waals surface area contributed by atoms with Crippen LogP contribution in [0.3, 0.4) is 0 Å². The van der Waals surface area contributed by atoms with Gasteiger partial charge >= 0.3 is 0 Å². The van der Waals surface area contributed by atoms with Gasteiger partial charge in [0.05, 0.1) is 24.3 Å². The Hall–Kier alpha value is -1.01. The molecule has 0 fully saturated rings. The Bertz CT molecular complexity index is 351. The van der Waals surface area contributed by atoms with Gasteiger partial charge in [-0.15, -0.1) is 0 Å². The maximum atomic E-state index is 9.32. The van der Waals surface area contributed by atoms with Crippen LogP contribution in [0.15, 0.2) is 12.3 Å². The standard InChI is InChI=1S/C11H19N3O2/c1-11(6-15,7-16)10-9(4-13)2-8(3-12)5-14-10/h2,5,15-16H,3-4,6-7,12-13H2,1H3. The number of hydrogen-bond donors (Lipinski definition) is 4. The molecule has 6 N–H and O–H groups in total. The molecule has 0 radical (unpaired) electrons. The third-order valence-electron chi connectivity index (χ3n) is 2.75. The van der Waals surface area contributed by atoms with Gasteiger partial charge in [-0.05, 0) is 24.1 Å². The number of nitrogens with zero attached hydrogens (tertiary/aromatic N) is 1. The molecule has 0 saturated heterocycles. The number of rotatable bonds is 5. The van der Waals surface area contributed by atoms with Crippen molar-refractivity contribution in [2.45, 2.75) is 25.4 Å². The Morgan fingerprint density at radius 2 is 1.88 bits per heavy atom. The van der Waals surface area contributed by atoms with E-state index in [0.29, 0.717) is 18.8 Å². The van der Waals surface area contributed by atoms with E-state index in [4.69, 9.17) is 11.5 Å². The number of aliphatic hydroxyl groups is 2. The molecule has 1 heterocycles. The second-order valence-electron chi connectivity index (χ2n) is 4.14. The second-order valence-corrected chi connectivity index (χ2v) is 4.14. The second kappa shape index (κ2) is 5.36. The van der Waals surface area contributed by atoms with Crippen molar-refractivity contribution in [2.24, 2.45) is 11.5 Å². The highest BCUT2D eigenvalue weighted by Gasteiger charge is 2.29. The average molecular weight is 225 g/mol. The van der Waals surface area contributed by atoms with Crippen LogP contribution < -0.4 is 11.5 Å². The molecule has 16 heavy (non-hydrogen) atoms. The van der Waals surface area contributed by atoms with Gasteiger partial charge in [-0.3, -0.25) is 4.98 Å². The van der Waals surface area contributed by atoms with Crippen LogP contribution in [-0.2, 0) is 18.5 Å². The van der Waals surface area contributed by atoms with E-state index >= 15 is 0 Å². The summed E-state index contributed by atoms with van der Waals surface area (Å²) in [7, 11) is 0. The molecule has 0 atom stereocenters. The summed E-state index contributed by atoms with van der Waals surface area (Å²) in [6.07, 6.45) is 1.65. The smallest absolute Gasteiger partial charge is 0.0562 e. The van der Waals surface area contributed by atoms with Crippen LogP contribution in [0.25, 0.3) is 0 Å². The first-order valence-electron chi connectivity index (χ1n) is 5.21. The van der Waals surface area contributed by atoms with Crippen molar-refractivity contribution in [1.29, 1.82) is 0 Å². The van der Waals surface area contributed by atoms with Crippen LogP contribution in [0.5, 0.6) is 0 Å². The third-order valence-corrected chi connectivity index (χ3v) is 2.75. The van der Waals surface area contributed by atoms with Crippen molar-refractivity contribution >= 4 is 0 Å². The van der Waals surface area contributed by atoms with Crippen LogP contribution in [0.2, 0.25) is 0 Å². The molecule has 1 aromatic heterocycles. The molecular weight excluding hydrogens is 206 g/mol. The van der Waals surface area contributed by atoms with E-state index in [0.717, 1.165) is 11.1 Å². The van der Waals surface area contributed by atoms with Gasteiger partial charge in [0.15, 0.2) is 0 Å². The van der Waals surface area contributed by atoms with Crippen molar-refractivity contribution in [3.8, 4) is 0 Å². The van der Waals surface area contributed by atoms with Gasteiger partial charge in [0.2, 0.25) is 0 Å². The van der Waals surface area contributed by atoms with Crippen LogP contribution in [0.1, 0.15) is 23.7 Å². The van der Waals surface area contributed by atoms with Crippen molar-refractivity contribution < 1.29 is 10.2 Å². The summed E-state index contributed by atoms with van der Waals surface area (Å²) in [6, 6.07) is 1.87. The fourth-order valence-corrected chi connectivity index (χ4v) is 1.57. The average Bonchev–Trinajstić information content (AvgIpc) is 2.37. The number of aromatic nitrogens is 1. The zero-order valence-corrected chi connectivity index (χ0v) is 9.48. The maximum Gasteiger partial charge on any atom is 0.0562 e. The van der Waals surface area contributed by atoms with Crippen LogP contribution in [-0.4, -0.2) is 28.4 Å². The van der Waals surface area contributed by atoms with Crippen molar-refractivity contribution in [1.82, 2.24) is 4.98 Å². The number of hydrogen-bond acceptors (Lipinski definition) is 5. The Morgan fingerprint density at radius 1 is 1.25 bits per heavy atom. The molecule has 5 heteroatoms. The van der Waals surface area contributed by atoms with E-state index in [1.54, 1.807) is 13.1 Å². The summed E-state index contributed by atoms with van der Waals surface area (Å²) < 4.78 is 0. The minimum Gasteiger partial charge on any atom is -0.395 e. The van der Waals surface area contributed by atoms with Crippen molar-refractivity contribution in [3.05, 3.63) is 29.1 Å². The monoisotopic (exact) mass is 225 g/mol. The number of aliphatic hydroxyl groups excluding tert-OH is 2. The largest absolute Gasteiger partial charge is 0.395 e. The van der Waals surface area contributed by atoms with Crippen LogP contribution >= 0.6 is 0 Å². The van der Waals surface area contributed by atoms with Gasteiger partial charge in [0, 0.05) is 19.3 Å². The van der Waals surface area contributed by atoms with Crippen molar-refractivity contribution in [2.75, 3.05) is 13.2 Å². The first-order valence-corrected chi connectivity index (χ1v) is 5.21. The predicted octanol–water partition coefficient (Wildman–Crippen LogP) is -0.759. The van der Waals surface area contributed by atoms with Crippen molar-refractivity contribution in [3.63, 3.8) is 0 Å². The molecule has 1 aromatic rings. The molecule has 0 amide bonds.